The van der Waals surface area contributed by atoms with Crippen molar-refractivity contribution in [1.82, 2.24) is 19.5 Å². The van der Waals surface area contributed by atoms with Crippen LogP contribution in [0.4, 0.5) is 0 Å². The predicted molar refractivity (Wildman–Crippen MR) is 75.8 cm³/mol. The molecule has 19 heavy (non-hydrogen) atoms. The number of aromatic nitrogens is 4. The van der Waals surface area contributed by atoms with Gasteiger partial charge in [0.05, 0.1) is 12.5 Å². The number of hydrogen-bond donors (Lipinski definition) is 0. The molecule has 0 amide bonds. The summed E-state index contributed by atoms with van der Waals surface area (Å²) in [5.74, 6) is 1.32. The maximum Gasteiger partial charge on any atom is 0.245 e. The zero-order valence-corrected chi connectivity index (χ0v) is 12.5. The Hall–Kier alpha value is -1.36. The Bertz CT molecular complexity index is 563. The van der Waals surface area contributed by atoms with Gasteiger partial charge >= 0.3 is 0 Å². The van der Waals surface area contributed by atoms with Gasteiger partial charge in [0.15, 0.2) is 11.2 Å². The Morgan fingerprint density at radius 1 is 1.32 bits per heavy atom. The standard InChI is InChI=1S/C13H19ClN4O/c1-5-9(6-2)18-11(8(3)14)17-10-12(18)15-7-16-13(10)19-4/h7-9H,5-6H2,1-4H3. The molecule has 0 aliphatic carbocycles. The number of fused-ring (bicyclic) bond motifs is 1. The number of methoxy groups -OCH3 is 1. The number of hydrogen-bond acceptors (Lipinski definition) is 4. The first-order valence-electron chi connectivity index (χ1n) is 6.54. The van der Waals surface area contributed by atoms with Crippen molar-refractivity contribution in [3.63, 3.8) is 0 Å². The van der Waals surface area contributed by atoms with Crippen LogP contribution in [0.3, 0.4) is 0 Å². The summed E-state index contributed by atoms with van der Waals surface area (Å²) in [6.45, 7) is 6.23. The molecule has 2 aromatic rings. The Morgan fingerprint density at radius 3 is 2.53 bits per heavy atom. The summed E-state index contributed by atoms with van der Waals surface area (Å²) < 4.78 is 7.37. The zero-order chi connectivity index (χ0) is 14.0. The van der Waals surface area contributed by atoms with Crippen molar-refractivity contribution < 1.29 is 4.74 Å². The second-order valence-electron chi connectivity index (χ2n) is 4.48. The van der Waals surface area contributed by atoms with Gasteiger partial charge in [-0.3, -0.25) is 0 Å². The maximum absolute atomic E-state index is 6.26. The normalized spacial score (nSPS) is 13.2. The van der Waals surface area contributed by atoms with Crippen LogP contribution < -0.4 is 4.74 Å². The Kier molecular flexibility index (Phi) is 4.24. The summed E-state index contributed by atoms with van der Waals surface area (Å²) >= 11 is 6.26. The van der Waals surface area contributed by atoms with Gasteiger partial charge < -0.3 is 9.30 Å². The van der Waals surface area contributed by atoms with Crippen molar-refractivity contribution in [2.24, 2.45) is 0 Å². The van der Waals surface area contributed by atoms with Crippen molar-refractivity contribution in [1.29, 1.82) is 0 Å². The molecule has 0 saturated heterocycles. The highest BCUT2D eigenvalue weighted by Gasteiger charge is 2.22. The molecule has 0 fully saturated rings. The van der Waals surface area contributed by atoms with Gasteiger partial charge in [0, 0.05) is 6.04 Å². The summed E-state index contributed by atoms with van der Waals surface area (Å²) in [4.78, 5) is 13.0. The highest BCUT2D eigenvalue weighted by atomic mass is 35.5. The Balaban J connectivity index is 2.74. The van der Waals surface area contributed by atoms with Gasteiger partial charge in [-0.1, -0.05) is 13.8 Å². The second-order valence-corrected chi connectivity index (χ2v) is 5.14. The molecule has 0 saturated carbocycles. The lowest BCUT2D eigenvalue weighted by Crippen LogP contribution is -2.12. The highest BCUT2D eigenvalue weighted by molar-refractivity contribution is 6.20. The van der Waals surface area contributed by atoms with Gasteiger partial charge in [-0.2, -0.15) is 4.98 Å². The lowest BCUT2D eigenvalue weighted by Gasteiger charge is -2.18. The summed E-state index contributed by atoms with van der Waals surface area (Å²) in [7, 11) is 1.59. The largest absolute Gasteiger partial charge is 0.479 e. The van der Waals surface area contributed by atoms with Crippen molar-refractivity contribution in [3.8, 4) is 5.88 Å². The summed E-state index contributed by atoms with van der Waals surface area (Å²) in [5, 5.41) is -0.181. The van der Waals surface area contributed by atoms with E-state index in [0.717, 1.165) is 24.3 Å². The fraction of sp³-hybridized carbons (Fsp3) is 0.615. The van der Waals surface area contributed by atoms with E-state index >= 15 is 0 Å². The van der Waals surface area contributed by atoms with E-state index in [0.29, 0.717) is 17.4 Å². The molecule has 0 aliphatic heterocycles. The Morgan fingerprint density at radius 2 is 2.00 bits per heavy atom. The first-order valence-corrected chi connectivity index (χ1v) is 6.98. The van der Waals surface area contributed by atoms with E-state index in [1.54, 1.807) is 7.11 Å². The van der Waals surface area contributed by atoms with Gasteiger partial charge in [-0.15, -0.1) is 11.6 Å². The molecule has 0 aromatic carbocycles. The van der Waals surface area contributed by atoms with Crippen LogP contribution in [0.1, 0.15) is 50.9 Å². The van der Waals surface area contributed by atoms with Crippen LogP contribution in [-0.2, 0) is 0 Å². The van der Waals surface area contributed by atoms with E-state index in [4.69, 9.17) is 16.3 Å². The molecule has 0 radical (unpaired) electrons. The highest BCUT2D eigenvalue weighted by Crippen LogP contribution is 2.32. The zero-order valence-electron chi connectivity index (χ0n) is 11.7. The predicted octanol–water partition coefficient (Wildman–Crippen LogP) is 3.50. The molecule has 0 bridgehead atoms. The van der Waals surface area contributed by atoms with E-state index in [1.807, 2.05) is 6.92 Å². The Labute approximate surface area is 118 Å². The topological polar surface area (TPSA) is 52.8 Å². The third kappa shape index (κ3) is 2.39. The minimum Gasteiger partial charge on any atom is -0.479 e. The van der Waals surface area contributed by atoms with E-state index in [9.17, 15) is 0 Å². The van der Waals surface area contributed by atoms with E-state index in [2.05, 4.69) is 33.4 Å². The van der Waals surface area contributed by atoms with Gasteiger partial charge in [0.1, 0.15) is 12.2 Å². The van der Waals surface area contributed by atoms with Crippen LogP contribution in [0, 0.1) is 0 Å². The van der Waals surface area contributed by atoms with E-state index in [-0.39, 0.29) is 5.38 Å². The van der Waals surface area contributed by atoms with Crippen molar-refractivity contribution in [2.45, 2.75) is 45.0 Å². The molecule has 1 unspecified atom stereocenters. The number of halogens is 1. The summed E-state index contributed by atoms with van der Waals surface area (Å²) in [5.41, 5.74) is 1.47. The van der Waals surface area contributed by atoms with Crippen LogP contribution >= 0.6 is 11.6 Å². The molecule has 0 spiro atoms. The van der Waals surface area contributed by atoms with E-state index in [1.165, 1.54) is 6.33 Å². The number of ether oxygens (including phenoxy) is 1. The quantitative estimate of drug-likeness (QED) is 0.788. The molecule has 6 heteroatoms. The van der Waals surface area contributed by atoms with Crippen LogP contribution in [0.5, 0.6) is 5.88 Å². The van der Waals surface area contributed by atoms with Crippen LogP contribution in [-0.4, -0.2) is 26.6 Å². The summed E-state index contributed by atoms with van der Waals surface area (Å²) in [6, 6.07) is 0.334. The third-order valence-corrected chi connectivity index (χ3v) is 3.52. The van der Waals surface area contributed by atoms with E-state index < -0.39 is 0 Å². The number of nitrogens with zero attached hydrogens (tertiary/aromatic N) is 4. The maximum atomic E-state index is 6.26. The molecule has 0 N–H and O–H groups in total. The lowest BCUT2D eigenvalue weighted by molar-refractivity contribution is 0.401. The fourth-order valence-corrected chi connectivity index (χ4v) is 2.50. The molecular weight excluding hydrogens is 264 g/mol. The lowest BCUT2D eigenvalue weighted by atomic mass is 10.1. The minimum absolute atomic E-state index is 0.181. The first kappa shape index (κ1) is 14.1. The molecule has 5 nitrogen and oxygen atoms in total. The van der Waals surface area contributed by atoms with Crippen molar-refractivity contribution >= 4 is 22.8 Å². The fourth-order valence-electron chi connectivity index (χ4n) is 2.35. The van der Waals surface area contributed by atoms with Gasteiger partial charge in [0.25, 0.3) is 0 Å². The van der Waals surface area contributed by atoms with Gasteiger partial charge in [0.2, 0.25) is 5.88 Å². The van der Waals surface area contributed by atoms with Crippen molar-refractivity contribution in [2.75, 3.05) is 7.11 Å². The van der Waals surface area contributed by atoms with Gasteiger partial charge in [-0.25, -0.2) is 9.97 Å². The molecule has 2 aromatic heterocycles. The number of alkyl halides is 1. The van der Waals surface area contributed by atoms with Crippen LogP contribution in [0.15, 0.2) is 6.33 Å². The minimum atomic E-state index is -0.181. The smallest absolute Gasteiger partial charge is 0.245 e. The molecular formula is C13H19ClN4O. The third-order valence-electron chi connectivity index (χ3n) is 3.33. The molecule has 0 aliphatic rings. The summed E-state index contributed by atoms with van der Waals surface area (Å²) in [6.07, 6.45) is 3.51. The van der Waals surface area contributed by atoms with Crippen LogP contribution in [0.2, 0.25) is 0 Å². The monoisotopic (exact) mass is 282 g/mol. The number of imidazole rings is 1. The van der Waals surface area contributed by atoms with Crippen LogP contribution in [0.25, 0.3) is 11.2 Å². The molecule has 2 rings (SSSR count). The SMILES string of the molecule is CCC(CC)n1c(C(C)Cl)nc2c(OC)ncnc21. The molecule has 1 atom stereocenters. The average Bonchev–Trinajstić information content (AvgIpc) is 2.80. The first-order chi connectivity index (χ1) is 9.13. The van der Waals surface area contributed by atoms with Gasteiger partial charge in [-0.05, 0) is 19.8 Å². The number of rotatable bonds is 5. The van der Waals surface area contributed by atoms with Crippen molar-refractivity contribution in [3.05, 3.63) is 12.2 Å². The second kappa shape index (κ2) is 5.74. The molecule has 104 valence electrons. The molecule has 2 heterocycles. The average molecular weight is 283 g/mol.